The summed E-state index contributed by atoms with van der Waals surface area (Å²) in [4.78, 5) is 29.4. The Labute approximate surface area is 117 Å². The van der Waals surface area contributed by atoms with Crippen LogP contribution in [0.25, 0.3) is 0 Å². The van der Waals surface area contributed by atoms with Gasteiger partial charge in [0.05, 0.1) is 24.8 Å². The SMILES string of the molecule is COc1cccc(C2C(C(=O)O)CC(=O)N2C(C)C)n1. The van der Waals surface area contributed by atoms with Crippen LogP contribution in [-0.4, -0.2) is 40.0 Å². The van der Waals surface area contributed by atoms with E-state index in [1.807, 2.05) is 13.8 Å². The minimum absolute atomic E-state index is 0.0110. The smallest absolute Gasteiger partial charge is 0.309 e. The number of rotatable bonds is 4. The first-order valence-corrected chi connectivity index (χ1v) is 6.50. The Balaban J connectivity index is 2.46. The van der Waals surface area contributed by atoms with Crippen LogP contribution in [0.15, 0.2) is 18.2 Å². The van der Waals surface area contributed by atoms with Crippen molar-refractivity contribution in [3.63, 3.8) is 0 Å². The molecule has 20 heavy (non-hydrogen) atoms. The predicted octanol–water partition coefficient (Wildman–Crippen LogP) is 1.47. The molecule has 1 aliphatic rings. The maximum atomic E-state index is 12.1. The zero-order valence-corrected chi connectivity index (χ0v) is 11.7. The Morgan fingerprint density at radius 3 is 2.75 bits per heavy atom. The summed E-state index contributed by atoms with van der Waals surface area (Å²) in [6.07, 6.45) is 0.0110. The van der Waals surface area contributed by atoms with Crippen LogP contribution in [0.2, 0.25) is 0 Å². The van der Waals surface area contributed by atoms with Crippen molar-refractivity contribution in [1.29, 1.82) is 0 Å². The Kier molecular flexibility index (Phi) is 3.92. The van der Waals surface area contributed by atoms with E-state index in [0.29, 0.717) is 11.6 Å². The molecule has 0 aliphatic carbocycles. The van der Waals surface area contributed by atoms with Gasteiger partial charge in [-0.15, -0.1) is 0 Å². The molecule has 2 rings (SSSR count). The normalized spacial score (nSPS) is 22.4. The molecule has 0 radical (unpaired) electrons. The molecule has 1 fully saturated rings. The third kappa shape index (κ3) is 2.45. The molecule has 0 saturated carbocycles. The fraction of sp³-hybridized carbons (Fsp3) is 0.500. The summed E-state index contributed by atoms with van der Waals surface area (Å²) in [7, 11) is 1.50. The van der Waals surface area contributed by atoms with Gasteiger partial charge in [0.1, 0.15) is 0 Å². The number of pyridine rings is 1. The average molecular weight is 278 g/mol. The van der Waals surface area contributed by atoms with Crippen LogP contribution in [-0.2, 0) is 9.59 Å². The second-order valence-corrected chi connectivity index (χ2v) is 5.09. The van der Waals surface area contributed by atoms with E-state index in [0.717, 1.165) is 0 Å². The van der Waals surface area contributed by atoms with Crippen LogP contribution < -0.4 is 4.74 Å². The second kappa shape index (κ2) is 5.48. The van der Waals surface area contributed by atoms with Gasteiger partial charge in [-0.2, -0.15) is 0 Å². The maximum absolute atomic E-state index is 12.1. The summed E-state index contributed by atoms with van der Waals surface area (Å²) in [6, 6.07) is 4.55. The molecule has 1 aromatic rings. The number of hydrogen-bond donors (Lipinski definition) is 1. The fourth-order valence-electron chi connectivity index (χ4n) is 2.64. The van der Waals surface area contributed by atoms with Crippen LogP contribution in [0.1, 0.15) is 32.0 Å². The van der Waals surface area contributed by atoms with Gasteiger partial charge in [-0.25, -0.2) is 4.98 Å². The van der Waals surface area contributed by atoms with Crippen molar-refractivity contribution in [2.75, 3.05) is 7.11 Å². The Morgan fingerprint density at radius 2 is 2.20 bits per heavy atom. The first-order valence-electron chi connectivity index (χ1n) is 6.50. The molecule has 6 heteroatoms. The number of aromatic nitrogens is 1. The molecule has 0 aromatic carbocycles. The van der Waals surface area contributed by atoms with Gasteiger partial charge >= 0.3 is 5.97 Å². The van der Waals surface area contributed by atoms with E-state index in [4.69, 9.17) is 4.74 Å². The van der Waals surface area contributed by atoms with E-state index in [1.54, 1.807) is 23.1 Å². The quantitative estimate of drug-likeness (QED) is 0.902. The van der Waals surface area contributed by atoms with Crippen molar-refractivity contribution in [2.45, 2.75) is 32.4 Å². The number of carbonyl (C=O) groups is 2. The molecule has 2 unspecified atom stereocenters. The van der Waals surface area contributed by atoms with Gasteiger partial charge in [-0.3, -0.25) is 9.59 Å². The summed E-state index contributed by atoms with van der Waals surface area (Å²) in [6.45, 7) is 3.74. The van der Waals surface area contributed by atoms with E-state index in [-0.39, 0.29) is 18.4 Å². The average Bonchev–Trinajstić information content (AvgIpc) is 2.76. The number of carboxylic acid groups (broad SMARTS) is 1. The van der Waals surface area contributed by atoms with Crippen LogP contribution in [0.4, 0.5) is 0 Å². The van der Waals surface area contributed by atoms with Gasteiger partial charge in [0.15, 0.2) is 0 Å². The molecule has 108 valence electrons. The lowest BCUT2D eigenvalue weighted by Crippen LogP contribution is -2.36. The first-order chi connectivity index (χ1) is 9.45. The molecule has 1 aromatic heterocycles. The zero-order chi connectivity index (χ0) is 14.9. The molecular formula is C14H18N2O4. The van der Waals surface area contributed by atoms with Crippen molar-refractivity contribution in [3.05, 3.63) is 23.9 Å². The monoisotopic (exact) mass is 278 g/mol. The van der Waals surface area contributed by atoms with Gasteiger partial charge in [-0.05, 0) is 19.9 Å². The molecular weight excluding hydrogens is 260 g/mol. The maximum Gasteiger partial charge on any atom is 0.309 e. The van der Waals surface area contributed by atoms with Crippen LogP contribution >= 0.6 is 0 Å². The number of nitrogens with zero attached hydrogens (tertiary/aromatic N) is 2. The number of methoxy groups -OCH3 is 1. The van der Waals surface area contributed by atoms with Crippen molar-refractivity contribution < 1.29 is 19.4 Å². The lowest BCUT2D eigenvalue weighted by atomic mass is 9.97. The number of hydrogen-bond acceptors (Lipinski definition) is 4. The van der Waals surface area contributed by atoms with Crippen LogP contribution in [0.5, 0.6) is 5.88 Å². The topological polar surface area (TPSA) is 79.7 Å². The third-order valence-corrected chi connectivity index (χ3v) is 3.49. The van der Waals surface area contributed by atoms with E-state index in [2.05, 4.69) is 4.98 Å². The number of likely N-dealkylation sites (tertiary alicyclic amines) is 1. The van der Waals surface area contributed by atoms with Crippen molar-refractivity contribution >= 4 is 11.9 Å². The van der Waals surface area contributed by atoms with Gasteiger partial charge in [-0.1, -0.05) is 6.07 Å². The third-order valence-electron chi connectivity index (χ3n) is 3.49. The highest BCUT2D eigenvalue weighted by Crippen LogP contribution is 2.39. The largest absolute Gasteiger partial charge is 0.481 e. The van der Waals surface area contributed by atoms with E-state index >= 15 is 0 Å². The molecule has 2 heterocycles. The van der Waals surface area contributed by atoms with Gasteiger partial charge in [0.25, 0.3) is 0 Å². The lowest BCUT2D eigenvalue weighted by molar-refractivity contribution is -0.142. The summed E-state index contributed by atoms with van der Waals surface area (Å²) >= 11 is 0. The number of carbonyl (C=O) groups excluding carboxylic acids is 1. The van der Waals surface area contributed by atoms with Crippen molar-refractivity contribution in [1.82, 2.24) is 9.88 Å². The minimum Gasteiger partial charge on any atom is -0.481 e. The summed E-state index contributed by atoms with van der Waals surface area (Å²) < 4.78 is 5.07. The first kappa shape index (κ1) is 14.3. The van der Waals surface area contributed by atoms with Gasteiger partial charge in [0.2, 0.25) is 11.8 Å². The molecule has 1 amide bonds. The number of carboxylic acids is 1. The van der Waals surface area contributed by atoms with Crippen LogP contribution in [0.3, 0.4) is 0 Å². The highest BCUT2D eigenvalue weighted by molar-refractivity contribution is 5.87. The number of aliphatic carboxylic acids is 1. The summed E-state index contributed by atoms with van der Waals surface area (Å²) in [5, 5.41) is 9.35. The van der Waals surface area contributed by atoms with E-state index in [1.165, 1.54) is 7.11 Å². The molecule has 0 bridgehead atoms. The number of amides is 1. The molecule has 0 spiro atoms. The van der Waals surface area contributed by atoms with Gasteiger partial charge in [0, 0.05) is 18.5 Å². The fourth-order valence-corrected chi connectivity index (χ4v) is 2.64. The highest BCUT2D eigenvalue weighted by Gasteiger charge is 2.46. The molecule has 1 N–H and O–H groups in total. The summed E-state index contributed by atoms with van der Waals surface area (Å²) in [5.74, 6) is -1.49. The Morgan fingerprint density at radius 1 is 1.50 bits per heavy atom. The Hall–Kier alpha value is -2.11. The molecule has 6 nitrogen and oxygen atoms in total. The van der Waals surface area contributed by atoms with Gasteiger partial charge < -0.3 is 14.7 Å². The Bertz CT molecular complexity index is 530. The van der Waals surface area contributed by atoms with Crippen molar-refractivity contribution in [3.8, 4) is 5.88 Å². The lowest BCUT2D eigenvalue weighted by Gasteiger charge is -2.30. The summed E-state index contributed by atoms with van der Waals surface area (Å²) in [5.41, 5.74) is 0.552. The second-order valence-electron chi connectivity index (χ2n) is 5.09. The van der Waals surface area contributed by atoms with E-state index in [9.17, 15) is 14.7 Å². The molecule has 1 aliphatic heterocycles. The predicted molar refractivity (Wildman–Crippen MR) is 71.3 cm³/mol. The minimum atomic E-state index is -0.976. The number of ether oxygens (including phenoxy) is 1. The van der Waals surface area contributed by atoms with Crippen LogP contribution in [0, 0.1) is 5.92 Å². The highest BCUT2D eigenvalue weighted by atomic mass is 16.5. The van der Waals surface area contributed by atoms with Crippen molar-refractivity contribution in [2.24, 2.45) is 5.92 Å². The molecule has 1 saturated heterocycles. The van der Waals surface area contributed by atoms with E-state index < -0.39 is 17.9 Å². The zero-order valence-electron chi connectivity index (χ0n) is 11.7. The standard InChI is InChI=1S/C14H18N2O4/c1-8(2)16-12(17)7-9(14(18)19)13(16)10-5-4-6-11(15-10)20-3/h4-6,8-9,13H,7H2,1-3H3,(H,18,19). The molecule has 2 atom stereocenters.